The number of hydrogen-bond donors (Lipinski definition) is 1. The van der Waals surface area contributed by atoms with Gasteiger partial charge in [-0.25, -0.2) is 52.7 Å². The Balaban J connectivity index is 0. The van der Waals surface area contributed by atoms with Gasteiger partial charge in [0.25, 0.3) is 0 Å². The van der Waals surface area contributed by atoms with Crippen LogP contribution in [0, 0.1) is 21.7 Å². The lowest BCUT2D eigenvalue weighted by molar-refractivity contribution is -0.163. The van der Waals surface area contributed by atoms with Crippen LogP contribution in [-0.2, 0) is 114 Å². The van der Waals surface area contributed by atoms with Crippen LogP contribution in [0.15, 0.2) is 170 Å². The monoisotopic (exact) mass is 1290 g/mol. The van der Waals surface area contributed by atoms with E-state index in [9.17, 15) is 57.8 Å². The minimum absolute atomic E-state index is 0.00987. The average Bonchev–Trinajstić information content (AvgIpc) is 1.26. The minimum atomic E-state index is -1.28. The molecule has 0 heterocycles. The Morgan fingerprint density at radius 2 is 0.533 bits per heavy atom. The van der Waals surface area contributed by atoms with E-state index in [0.717, 1.165) is 66.8 Å². The molecule has 92 heavy (non-hydrogen) atoms. The molecule has 0 aliphatic rings. The molecule has 0 spiro atoms. The van der Waals surface area contributed by atoms with Crippen molar-refractivity contribution in [1.82, 2.24) is 0 Å². The van der Waals surface area contributed by atoms with Crippen LogP contribution in [0.1, 0.15) is 57.4 Å². The van der Waals surface area contributed by atoms with E-state index >= 15 is 0 Å². The van der Waals surface area contributed by atoms with Crippen LogP contribution in [0.3, 0.4) is 0 Å². The second-order valence-corrected chi connectivity index (χ2v) is 20.0. The third-order valence-corrected chi connectivity index (χ3v) is 12.9. The molecule has 2 unspecified atom stereocenters. The SMILES string of the molecule is C=CC(=O)OCCC(CO)(COCC(CCOC(=O)C=C)(COC(=O)C=C)COC(=O)C=C)COC(=O)C=C.C=CC(=O)OCCC(COCC(CCOC(=O)C=C)(COC(=O)C=C)COC(=O)C=C)(COC(=O)C=C)COC(=O)C=C.CCC(C)c1ccccc1. The van der Waals surface area contributed by atoms with Crippen molar-refractivity contribution in [3.63, 3.8) is 0 Å². The molecule has 0 aliphatic carbocycles. The van der Waals surface area contributed by atoms with E-state index in [0.29, 0.717) is 5.92 Å². The van der Waals surface area contributed by atoms with Crippen molar-refractivity contribution in [2.45, 2.75) is 51.9 Å². The lowest BCUT2D eigenvalue weighted by atomic mass is 9.85. The molecule has 25 heteroatoms. The molecule has 0 saturated heterocycles. The van der Waals surface area contributed by atoms with E-state index in [2.05, 4.69) is 117 Å². The maximum Gasteiger partial charge on any atom is 0.330 e. The van der Waals surface area contributed by atoms with Crippen molar-refractivity contribution in [1.29, 1.82) is 0 Å². The van der Waals surface area contributed by atoms with Gasteiger partial charge in [-0.3, -0.25) is 0 Å². The first kappa shape index (κ1) is 84.5. The average molecular weight is 1290 g/mol. The molecule has 0 bridgehead atoms. The quantitative estimate of drug-likeness (QED) is 0.0401. The van der Waals surface area contributed by atoms with Gasteiger partial charge in [-0.1, -0.05) is 117 Å². The van der Waals surface area contributed by atoms with Crippen molar-refractivity contribution in [2.24, 2.45) is 21.7 Å². The first-order chi connectivity index (χ1) is 43.8. The smallest absolute Gasteiger partial charge is 0.330 e. The van der Waals surface area contributed by atoms with Crippen LogP contribution >= 0.6 is 0 Å². The van der Waals surface area contributed by atoms with Crippen LogP contribution in [0.4, 0.5) is 0 Å². The van der Waals surface area contributed by atoms with Gasteiger partial charge in [-0.2, -0.15) is 0 Å². The number of hydrogen-bond acceptors (Lipinski definition) is 25. The molecule has 506 valence electrons. The summed E-state index contributed by atoms with van der Waals surface area (Å²) >= 11 is 0. The first-order valence-corrected chi connectivity index (χ1v) is 28.4. The van der Waals surface area contributed by atoms with E-state index in [1.165, 1.54) is 12.0 Å². The van der Waals surface area contributed by atoms with Crippen molar-refractivity contribution >= 4 is 65.7 Å². The summed E-state index contributed by atoms with van der Waals surface area (Å²) in [7, 11) is 0. The number of aliphatic hydroxyl groups is 1. The zero-order valence-electron chi connectivity index (χ0n) is 52.7. The second-order valence-electron chi connectivity index (χ2n) is 20.0. The van der Waals surface area contributed by atoms with Crippen LogP contribution in [0.2, 0.25) is 0 Å². The Bertz CT molecular complexity index is 2500. The summed E-state index contributed by atoms with van der Waals surface area (Å²) in [6.45, 7) is 36.4. The van der Waals surface area contributed by atoms with Gasteiger partial charge in [0.05, 0.1) is 81.1 Å². The highest BCUT2D eigenvalue weighted by atomic mass is 16.6. The van der Waals surface area contributed by atoms with Crippen LogP contribution in [0.5, 0.6) is 0 Å². The van der Waals surface area contributed by atoms with E-state index < -0.39 is 93.9 Å². The molecule has 0 aromatic heterocycles. The van der Waals surface area contributed by atoms with Crippen LogP contribution in [0.25, 0.3) is 0 Å². The summed E-state index contributed by atoms with van der Waals surface area (Å²) in [6, 6.07) is 10.6. The Kier molecular flexibility index (Phi) is 45.2. The molecule has 0 aliphatic heterocycles. The Morgan fingerprint density at radius 3 is 0.739 bits per heavy atom. The minimum Gasteiger partial charge on any atom is -0.463 e. The zero-order valence-corrected chi connectivity index (χ0v) is 52.7. The van der Waals surface area contributed by atoms with Gasteiger partial charge < -0.3 is 66.7 Å². The van der Waals surface area contributed by atoms with Gasteiger partial charge in [0.2, 0.25) is 0 Å². The number of carbonyl (C=O) groups excluding carboxylic acids is 11. The lowest BCUT2D eigenvalue weighted by Crippen LogP contribution is -2.44. The Labute approximate surface area is 537 Å². The van der Waals surface area contributed by atoms with Gasteiger partial charge in [0.15, 0.2) is 0 Å². The molecule has 1 aromatic carbocycles. The Morgan fingerprint density at radius 1 is 0.337 bits per heavy atom. The predicted molar refractivity (Wildman–Crippen MR) is 335 cm³/mol. The van der Waals surface area contributed by atoms with E-state index in [1.807, 2.05) is 0 Å². The topological polar surface area (TPSA) is 328 Å². The van der Waals surface area contributed by atoms with E-state index in [1.54, 1.807) is 0 Å². The lowest BCUT2D eigenvalue weighted by Gasteiger charge is -2.36. The van der Waals surface area contributed by atoms with Gasteiger partial charge in [-0.05, 0) is 43.6 Å². The number of ether oxygens (including phenoxy) is 13. The van der Waals surface area contributed by atoms with Gasteiger partial charge in [0.1, 0.15) is 46.2 Å². The van der Waals surface area contributed by atoms with Crippen molar-refractivity contribution < 1.29 is 119 Å². The zero-order chi connectivity index (χ0) is 69.9. The highest BCUT2D eigenvalue weighted by Crippen LogP contribution is 2.31. The molecule has 1 N–H and O–H groups in total. The fourth-order valence-corrected chi connectivity index (χ4v) is 7.06. The standard InChI is InChI=1S/C30H38O13.C27H36O12.C10H14/c1-7-23(31)38-15-13-29(19-40-25(33)9-3,20-41-26(34)10-4)17-37-18-30(21-42-27(35)11-5,22-43-28(36)12-6)14-16-39-24(32)8-2;1-6-21(29)35-13-11-26(15-28,18-37-23(31)8-3)16-34-17-27(19-38-24(32)9-4,20-39-25(33)10-5)12-14-36-22(30)7-2;1-3-9(2)10-7-5-4-6-8-10/h7-12H,1-6,13-22H2;6-10,28H,1-5,11-20H2;4-9H,3H2,1-2H3. The van der Waals surface area contributed by atoms with E-state index in [-0.39, 0.29) is 125 Å². The van der Waals surface area contributed by atoms with Crippen molar-refractivity contribution in [2.75, 3.05) is 106 Å². The largest absolute Gasteiger partial charge is 0.463 e. The van der Waals surface area contributed by atoms with E-state index in [4.69, 9.17) is 61.6 Å². The first-order valence-electron chi connectivity index (χ1n) is 28.4. The maximum absolute atomic E-state index is 11.9. The van der Waals surface area contributed by atoms with Crippen LogP contribution < -0.4 is 0 Å². The predicted octanol–water partition coefficient (Wildman–Crippen LogP) is 6.73. The molecular formula is C67H88O25. The van der Waals surface area contributed by atoms with Gasteiger partial charge in [-0.15, -0.1) is 0 Å². The van der Waals surface area contributed by atoms with Gasteiger partial charge in [0, 0.05) is 66.8 Å². The number of aliphatic hydroxyl groups excluding tert-OH is 1. The normalized spacial score (nSPS) is 11.5. The molecule has 0 saturated carbocycles. The fourth-order valence-electron chi connectivity index (χ4n) is 7.06. The molecule has 0 amide bonds. The van der Waals surface area contributed by atoms with Gasteiger partial charge >= 0.3 is 65.7 Å². The fraction of sp³-hybridized carbons (Fsp3) is 0.418. The third-order valence-electron chi connectivity index (χ3n) is 12.9. The summed E-state index contributed by atoms with van der Waals surface area (Å²) in [4.78, 5) is 129. The molecule has 1 aromatic rings. The summed E-state index contributed by atoms with van der Waals surface area (Å²) in [5.74, 6) is -7.53. The summed E-state index contributed by atoms with van der Waals surface area (Å²) in [5, 5.41) is 10.2. The summed E-state index contributed by atoms with van der Waals surface area (Å²) in [5.41, 5.74) is -3.57. The Hall–Kier alpha value is -9.59. The number of esters is 11. The maximum atomic E-state index is 11.9. The molecule has 25 nitrogen and oxygen atoms in total. The van der Waals surface area contributed by atoms with Crippen molar-refractivity contribution in [3.05, 3.63) is 175 Å². The highest BCUT2D eigenvalue weighted by Gasteiger charge is 2.40. The summed E-state index contributed by atoms with van der Waals surface area (Å²) < 4.78 is 68.6. The third kappa shape index (κ3) is 38.1. The molecular weight excluding hydrogens is 1200 g/mol. The number of carbonyl (C=O) groups is 11. The number of rotatable bonds is 48. The van der Waals surface area contributed by atoms with Crippen molar-refractivity contribution in [3.8, 4) is 0 Å². The molecule has 0 fully saturated rings. The summed E-state index contributed by atoms with van der Waals surface area (Å²) in [6.07, 6.45) is 11.6. The molecule has 0 radical (unpaired) electrons. The number of benzene rings is 1. The highest BCUT2D eigenvalue weighted by molar-refractivity contribution is 5.84. The molecule has 1 rings (SSSR count). The van der Waals surface area contributed by atoms with Crippen LogP contribution in [-0.4, -0.2) is 176 Å². The second kappa shape index (κ2) is 49.2. The molecule has 2 atom stereocenters.